The Bertz CT molecular complexity index is 2280. The molecule has 8 atom stereocenters. The summed E-state index contributed by atoms with van der Waals surface area (Å²) in [5.41, 5.74) is 0. The number of carbonyl (C=O) groups excluding carboxylic acids is 9. The molecule has 26 heteroatoms. The highest BCUT2D eigenvalue weighted by molar-refractivity contribution is 7.99. The Labute approximate surface area is 662 Å². The third-order valence-electron chi connectivity index (χ3n) is 19.4. The zero-order valence-corrected chi connectivity index (χ0v) is 70.0. The summed E-state index contributed by atoms with van der Waals surface area (Å²) in [5, 5.41) is 54.7. The number of nitrogens with zero attached hydrogens (tertiary/aromatic N) is 1. The average Bonchev–Trinajstić information content (AvgIpc) is 0.807. The van der Waals surface area contributed by atoms with Gasteiger partial charge in [0.2, 0.25) is 41.4 Å². The minimum Gasteiger partial charge on any atom is -0.462 e. The number of esters is 2. The standard InChI is InChI=1S/C56H109NO5S.C27H48N6O13/c1-5-8-11-14-17-20-23-26-29-32-35-38-41-44-47-55(59)61-49-53(62-56(60)48-45-42-39-36-33-30-27-24-21-18-15-12-9-6-2)51-63-50-52(4)57-54(58)46-43-40-37-34-31-28-25-22-19-16-13-10-7-3;1-16(36)31-19(13-34)27(43)30-6-5-28-23(40)15-45-11-10-44-9-7-29-22(39)12-33(18(3)38)8-4-20-24(32-17(2)37)26(42)25(41)21(14-35)46-20/h52-53H,5-51H2,1-4H3,(H,57,58);19-21,24-26,34-35,41-42H,4-15H2,1-3H3,(H,28,40)(H,29,39)(H,30,43)(H,31,36)(H,32,37)/t;19?,20?,21-,24+,25+,26-/m.1/s1. The van der Waals surface area contributed by atoms with Gasteiger partial charge in [-0.15, -0.1) is 0 Å². The number of aliphatic hydroxyl groups excluding tert-OH is 4. The molecular formula is C83H157N7O18S. The summed E-state index contributed by atoms with van der Waals surface area (Å²) in [6.07, 6.45) is 49.1. The lowest BCUT2D eigenvalue weighted by Gasteiger charge is -2.43. The molecule has 0 aromatic heterocycles. The third-order valence-corrected chi connectivity index (χ3v) is 20.8. The second-order valence-corrected chi connectivity index (χ2v) is 31.0. The maximum atomic E-state index is 12.9. The SMILES string of the molecule is CC(=O)NC(CO)C(=O)NCCNC(=O)COCCOCCNC(=O)CN(CCC1O[C@H](CO)[C@H](O)[C@H](O)[C@H]1NC(C)=O)C(C)=O.CCCCCCCCCCCCCCCCC(=O)OCC(CSCC(C)NC(=O)CCCCCCCCCCCCCCC)OC(=O)CCCCCCCCCCCCCCCC. The third kappa shape index (κ3) is 64.4. The number of unbranched alkanes of at least 4 members (excludes halogenated alkanes) is 38. The number of ether oxygens (including phenoxy) is 5. The first kappa shape index (κ1) is 104. The summed E-state index contributed by atoms with van der Waals surface area (Å²) in [6, 6.07) is -2.04. The van der Waals surface area contributed by atoms with E-state index >= 15 is 0 Å². The number of aliphatic hydroxyl groups is 4. The van der Waals surface area contributed by atoms with Crippen molar-refractivity contribution < 1.29 is 87.3 Å². The van der Waals surface area contributed by atoms with Crippen LogP contribution in [0.25, 0.3) is 0 Å². The number of hydrogen-bond acceptors (Lipinski definition) is 19. The van der Waals surface area contributed by atoms with Crippen molar-refractivity contribution in [2.45, 2.75) is 386 Å². The molecule has 0 saturated carbocycles. The fraction of sp³-hybridized carbons (Fsp3) is 0.892. The van der Waals surface area contributed by atoms with E-state index < -0.39 is 91.3 Å². The molecule has 7 amide bonds. The molecule has 0 aliphatic carbocycles. The van der Waals surface area contributed by atoms with Crippen LogP contribution < -0.4 is 31.9 Å². The van der Waals surface area contributed by atoms with Crippen LogP contribution in [0.5, 0.6) is 0 Å². The molecule has 25 nitrogen and oxygen atoms in total. The first-order valence-electron chi connectivity index (χ1n) is 42.9. The summed E-state index contributed by atoms with van der Waals surface area (Å²) < 4.78 is 27.8. The number of thioether (sulfide) groups is 1. The second-order valence-electron chi connectivity index (χ2n) is 29.9. The molecule has 109 heavy (non-hydrogen) atoms. The van der Waals surface area contributed by atoms with Crippen LogP contribution in [-0.4, -0.2) is 218 Å². The number of rotatable bonds is 73. The van der Waals surface area contributed by atoms with E-state index in [4.69, 9.17) is 28.8 Å². The van der Waals surface area contributed by atoms with Crippen LogP contribution in [-0.2, 0) is 66.8 Å². The summed E-state index contributed by atoms with van der Waals surface area (Å²) in [5.74, 6) is -1.80. The van der Waals surface area contributed by atoms with Gasteiger partial charge in [0.15, 0.2) is 0 Å². The van der Waals surface area contributed by atoms with Gasteiger partial charge in [-0.1, -0.05) is 265 Å². The van der Waals surface area contributed by atoms with E-state index in [9.17, 15) is 58.5 Å². The first-order chi connectivity index (χ1) is 52.7. The Kier molecular flexibility index (Phi) is 71.5. The van der Waals surface area contributed by atoms with Crippen LogP contribution >= 0.6 is 11.8 Å². The van der Waals surface area contributed by atoms with Crippen LogP contribution in [0.1, 0.15) is 337 Å². The van der Waals surface area contributed by atoms with E-state index in [0.29, 0.717) is 25.0 Å². The maximum Gasteiger partial charge on any atom is 0.306 e. The van der Waals surface area contributed by atoms with Gasteiger partial charge in [0.05, 0.1) is 51.7 Å². The number of nitrogens with one attached hydrogen (secondary N) is 6. The molecule has 1 heterocycles. The second kappa shape index (κ2) is 74.7. The highest BCUT2D eigenvalue weighted by atomic mass is 32.2. The van der Waals surface area contributed by atoms with Gasteiger partial charge in [-0.25, -0.2) is 0 Å². The highest BCUT2D eigenvalue weighted by Gasteiger charge is 2.44. The van der Waals surface area contributed by atoms with Crippen LogP contribution in [0.4, 0.5) is 0 Å². The number of hydrogen-bond donors (Lipinski definition) is 10. The molecule has 0 radical (unpaired) electrons. The number of carbonyl (C=O) groups is 9. The van der Waals surface area contributed by atoms with Gasteiger partial charge in [-0.05, 0) is 32.6 Å². The fourth-order valence-corrected chi connectivity index (χ4v) is 14.0. The molecule has 1 saturated heterocycles. The van der Waals surface area contributed by atoms with Crippen molar-refractivity contribution in [3.8, 4) is 0 Å². The Morgan fingerprint density at radius 3 is 1.36 bits per heavy atom. The molecule has 10 N–H and O–H groups in total. The van der Waals surface area contributed by atoms with Crippen LogP contribution in [0, 0.1) is 0 Å². The molecule has 1 aliphatic rings. The Morgan fingerprint density at radius 2 is 0.908 bits per heavy atom. The quantitative estimate of drug-likeness (QED) is 0.0200. The zero-order chi connectivity index (χ0) is 80.6. The molecule has 0 aromatic carbocycles. The van der Waals surface area contributed by atoms with E-state index in [1.807, 2.05) is 6.92 Å². The minimum absolute atomic E-state index is 0.0271. The molecule has 0 aromatic rings. The monoisotopic (exact) mass is 1570 g/mol. The molecule has 4 unspecified atom stereocenters. The lowest BCUT2D eigenvalue weighted by molar-refractivity contribution is -0.197. The normalized spacial score (nSPS) is 16.2. The van der Waals surface area contributed by atoms with Gasteiger partial charge in [-0.2, -0.15) is 11.8 Å². The van der Waals surface area contributed by atoms with Gasteiger partial charge in [0.25, 0.3) is 0 Å². The van der Waals surface area contributed by atoms with Gasteiger partial charge in [0, 0.05) is 83.8 Å². The largest absolute Gasteiger partial charge is 0.462 e. The van der Waals surface area contributed by atoms with Gasteiger partial charge < -0.3 is 80.9 Å². The van der Waals surface area contributed by atoms with Crippen molar-refractivity contribution in [1.29, 1.82) is 0 Å². The fourth-order valence-electron chi connectivity index (χ4n) is 13.0. The Morgan fingerprint density at radius 1 is 0.468 bits per heavy atom. The molecule has 0 bridgehead atoms. The summed E-state index contributed by atoms with van der Waals surface area (Å²) in [7, 11) is 0. The van der Waals surface area contributed by atoms with Crippen LogP contribution in [0.2, 0.25) is 0 Å². The Hall–Kier alpha value is -4.70. The topological polar surface area (TPSA) is 356 Å². The lowest BCUT2D eigenvalue weighted by Crippen LogP contribution is -2.64. The van der Waals surface area contributed by atoms with Crippen molar-refractivity contribution in [2.75, 3.05) is 90.5 Å². The summed E-state index contributed by atoms with van der Waals surface area (Å²) in [4.78, 5) is 110. The average molecular weight is 1570 g/mol. The van der Waals surface area contributed by atoms with E-state index in [1.54, 1.807) is 11.8 Å². The minimum atomic E-state index is -1.43. The molecular weight excluding hydrogens is 1420 g/mol. The molecule has 638 valence electrons. The van der Waals surface area contributed by atoms with Gasteiger partial charge >= 0.3 is 11.9 Å². The molecule has 1 fully saturated rings. The smallest absolute Gasteiger partial charge is 0.306 e. The van der Waals surface area contributed by atoms with Crippen molar-refractivity contribution in [2.24, 2.45) is 0 Å². The Balaban J connectivity index is 0.00000224. The number of amides is 7. The van der Waals surface area contributed by atoms with Crippen molar-refractivity contribution >= 4 is 65.1 Å². The molecule has 0 spiro atoms. The predicted molar refractivity (Wildman–Crippen MR) is 434 cm³/mol. The van der Waals surface area contributed by atoms with Crippen LogP contribution in [0.15, 0.2) is 0 Å². The summed E-state index contributed by atoms with van der Waals surface area (Å²) in [6.45, 7) is 11.8. The maximum absolute atomic E-state index is 12.9. The first-order valence-corrected chi connectivity index (χ1v) is 44.1. The zero-order valence-electron chi connectivity index (χ0n) is 69.2. The predicted octanol–water partition coefficient (Wildman–Crippen LogP) is 12.0. The van der Waals surface area contributed by atoms with Crippen molar-refractivity contribution in [3.05, 3.63) is 0 Å². The molecule has 1 rings (SSSR count). The summed E-state index contributed by atoms with van der Waals surface area (Å²) >= 11 is 1.66. The highest BCUT2D eigenvalue weighted by Crippen LogP contribution is 2.25. The van der Waals surface area contributed by atoms with Crippen molar-refractivity contribution in [1.82, 2.24) is 36.8 Å². The van der Waals surface area contributed by atoms with Crippen molar-refractivity contribution in [3.63, 3.8) is 0 Å². The lowest BCUT2D eigenvalue weighted by atomic mass is 9.91. The van der Waals surface area contributed by atoms with Crippen LogP contribution in [0.3, 0.4) is 0 Å². The van der Waals surface area contributed by atoms with Gasteiger partial charge in [0.1, 0.15) is 43.7 Å². The van der Waals surface area contributed by atoms with E-state index in [2.05, 4.69) is 52.7 Å². The van der Waals surface area contributed by atoms with E-state index in [0.717, 1.165) is 44.3 Å². The van der Waals surface area contributed by atoms with E-state index in [-0.39, 0.29) is 96.1 Å². The molecule has 1 aliphatic heterocycles. The van der Waals surface area contributed by atoms with E-state index in [1.165, 1.54) is 250 Å². The van der Waals surface area contributed by atoms with Gasteiger partial charge in [-0.3, -0.25) is 43.2 Å².